The van der Waals surface area contributed by atoms with Crippen LogP contribution in [0.3, 0.4) is 0 Å². The van der Waals surface area contributed by atoms with Crippen molar-refractivity contribution in [2.24, 2.45) is 0 Å². The third-order valence-electron chi connectivity index (χ3n) is 4.24. The summed E-state index contributed by atoms with van der Waals surface area (Å²) in [5.74, 6) is 0. The zero-order valence-corrected chi connectivity index (χ0v) is 11.6. The average Bonchev–Trinajstić information content (AvgIpc) is 3.09. The number of hydrogen-bond acceptors (Lipinski definition) is 2. The SMILES string of the molecule is O=C1NCCN1C(=O)N1CCc2c([nH]c3ccccc23)C1. The molecule has 3 heterocycles. The highest BCUT2D eigenvalue weighted by molar-refractivity contribution is 5.95. The highest BCUT2D eigenvalue weighted by atomic mass is 16.2. The van der Waals surface area contributed by atoms with Gasteiger partial charge in [0.2, 0.25) is 0 Å². The highest BCUT2D eigenvalue weighted by Crippen LogP contribution is 2.27. The second-order valence-corrected chi connectivity index (χ2v) is 5.47. The maximum absolute atomic E-state index is 12.4. The summed E-state index contributed by atoms with van der Waals surface area (Å²) in [6.07, 6.45) is 0.820. The molecule has 2 aromatic rings. The van der Waals surface area contributed by atoms with Crippen LogP contribution in [0, 0.1) is 0 Å². The number of fused-ring (bicyclic) bond motifs is 3. The Hall–Kier alpha value is -2.50. The van der Waals surface area contributed by atoms with Gasteiger partial charge in [0.15, 0.2) is 0 Å². The van der Waals surface area contributed by atoms with Crippen molar-refractivity contribution in [3.63, 3.8) is 0 Å². The van der Waals surface area contributed by atoms with Gasteiger partial charge in [0, 0.05) is 36.2 Å². The van der Waals surface area contributed by atoms with E-state index in [9.17, 15) is 9.59 Å². The van der Waals surface area contributed by atoms with Crippen LogP contribution < -0.4 is 5.32 Å². The van der Waals surface area contributed by atoms with Gasteiger partial charge in [-0.15, -0.1) is 0 Å². The molecule has 1 fully saturated rings. The quantitative estimate of drug-likeness (QED) is 0.772. The molecule has 2 N–H and O–H groups in total. The molecule has 0 aliphatic carbocycles. The fraction of sp³-hybridized carbons (Fsp3) is 0.333. The summed E-state index contributed by atoms with van der Waals surface area (Å²) >= 11 is 0. The normalized spacial score (nSPS) is 18.0. The Morgan fingerprint density at radius 3 is 2.86 bits per heavy atom. The van der Waals surface area contributed by atoms with Gasteiger partial charge in [-0.05, 0) is 18.1 Å². The summed E-state index contributed by atoms with van der Waals surface area (Å²) in [7, 11) is 0. The van der Waals surface area contributed by atoms with Gasteiger partial charge in [-0.25, -0.2) is 14.5 Å². The first-order valence-corrected chi connectivity index (χ1v) is 7.17. The van der Waals surface area contributed by atoms with Gasteiger partial charge in [0.1, 0.15) is 0 Å². The molecule has 4 amide bonds. The largest absolute Gasteiger partial charge is 0.357 e. The molecule has 2 aliphatic heterocycles. The summed E-state index contributed by atoms with van der Waals surface area (Å²) in [6.45, 7) is 2.17. The molecule has 1 aromatic carbocycles. The summed E-state index contributed by atoms with van der Waals surface area (Å²) < 4.78 is 0. The lowest BCUT2D eigenvalue weighted by molar-refractivity contribution is 0.158. The standard InChI is InChI=1S/C15H16N4O2/c20-14-16-6-8-19(14)15(21)18-7-5-11-10-3-1-2-4-12(10)17-13(11)9-18/h1-4,17H,5-9H2,(H,16,20). The molecule has 0 atom stereocenters. The summed E-state index contributed by atoms with van der Waals surface area (Å²) in [6, 6.07) is 7.70. The first-order chi connectivity index (χ1) is 10.2. The van der Waals surface area contributed by atoms with E-state index in [4.69, 9.17) is 0 Å². The molecule has 6 nitrogen and oxygen atoms in total. The molecule has 1 aromatic heterocycles. The first-order valence-electron chi connectivity index (χ1n) is 7.17. The Labute approximate surface area is 121 Å². The number of imide groups is 1. The van der Waals surface area contributed by atoms with Gasteiger partial charge >= 0.3 is 12.1 Å². The molecule has 21 heavy (non-hydrogen) atoms. The predicted molar refractivity (Wildman–Crippen MR) is 77.9 cm³/mol. The zero-order valence-electron chi connectivity index (χ0n) is 11.6. The van der Waals surface area contributed by atoms with Crippen molar-refractivity contribution < 1.29 is 9.59 Å². The number of urea groups is 2. The lowest BCUT2D eigenvalue weighted by Gasteiger charge is -2.29. The third kappa shape index (κ3) is 1.86. The Morgan fingerprint density at radius 1 is 1.19 bits per heavy atom. The van der Waals surface area contributed by atoms with Crippen LogP contribution in [-0.2, 0) is 13.0 Å². The maximum Gasteiger partial charge on any atom is 0.328 e. The van der Waals surface area contributed by atoms with Crippen molar-refractivity contribution in [3.8, 4) is 0 Å². The molecule has 0 radical (unpaired) electrons. The molecule has 108 valence electrons. The number of carbonyl (C=O) groups excluding carboxylic acids is 2. The van der Waals surface area contributed by atoms with Gasteiger partial charge in [-0.1, -0.05) is 18.2 Å². The number of H-pyrrole nitrogens is 1. The van der Waals surface area contributed by atoms with Crippen LogP contribution in [0.25, 0.3) is 10.9 Å². The molecular weight excluding hydrogens is 268 g/mol. The van der Waals surface area contributed by atoms with Crippen LogP contribution in [0.4, 0.5) is 9.59 Å². The smallest absolute Gasteiger partial charge is 0.328 e. The Bertz CT molecular complexity index is 736. The number of rotatable bonds is 0. The predicted octanol–water partition coefficient (Wildman–Crippen LogP) is 1.67. The average molecular weight is 284 g/mol. The van der Waals surface area contributed by atoms with Crippen molar-refractivity contribution >= 4 is 23.0 Å². The monoisotopic (exact) mass is 284 g/mol. The second-order valence-electron chi connectivity index (χ2n) is 5.47. The lowest BCUT2D eigenvalue weighted by atomic mass is 10.0. The first kappa shape index (κ1) is 12.3. The maximum atomic E-state index is 12.4. The van der Waals surface area contributed by atoms with E-state index in [0.717, 1.165) is 17.6 Å². The van der Waals surface area contributed by atoms with Crippen molar-refractivity contribution in [1.82, 2.24) is 20.1 Å². The van der Waals surface area contributed by atoms with Crippen LogP contribution >= 0.6 is 0 Å². The summed E-state index contributed by atoms with van der Waals surface area (Å²) in [5.41, 5.74) is 3.48. The van der Waals surface area contributed by atoms with E-state index in [1.54, 1.807) is 4.90 Å². The van der Waals surface area contributed by atoms with Crippen LogP contribution in [-0.4, -0.2) is 46.5 Å². The fourth-order valence-electron chi connectivity index (χ4n) is 3.18. The molecule has 0 saturated carbocycles. The van der Waals surface area contributed by atoms with Crippen molar-refractivity contribution in [1.29, 1.82) is 0 Å². The van der Waals surface area contributed by atoms with Crippen molar-refractivity contribution in [2.45, 2.75) is 13.0 Å². The van der Waals surface area contributed by atoms with E-state index in [1.807, 2.05) is 18.2 Å². The van der Waals surface area contributed by atoms with Gasteiger partial charge in [-0.3, -0.25) is 0 Å². The van der Waals surface area contributed by atoms with Crippen LogP contribution in [0.5, 0.6) is 0 Å². The molecule has 0 unspecified atom stereocenters. The fourth-order valence-corrected chi connectivity index (χ4v) is 3.18. The van der Waals surface area contributed by atoms with E-state index < -0.39 is 0 Å². The molecule has 0 bridgehead atoms. The van der Waals surface area contributed by atoms with Crippen LogP contribution in [0.1, 0.15) is 11.3 Å². The number of benzene rings is 1. The molecule has 2 aliphatic rings. The van der Waals surface area contributed by atoms with Gasteiger partial charge in [-0.2, -0.15) is 0 Å². The lowest BCUT2D eigenvalue weighted by Crippen LogP contribution is -2.46. The number of nitrogens with one attached hydrogen (secondary N) is 2. The van der Waals surface area contributed by atoms with Crippen molar-refractivity contribution in [2.75, 3.05) is 19.6 Å². The van der Waals surface area contributed by atoms with E-state index in [0.29, 0.717) is 26.2 Å². The van der Waals surface area contributed by atoms with Gasteiger partial charge in [0.05, 0.1) is 6.54 Å². The van der Waals surface area contributed by atoms with E-state index in [1.165, 1.54) is 15.8 Å². The second kappa shape index (κ2) is 4.51. The van der Waals surface area contributed by atoms with E-state index >= 15 is 0 Å². The minimum Gasteiger partial charge on any atom is -0.357 e. The minimum atomic E-state index is -0.289. The van der Waals surface area contributed by atoms with Crippen LogP contribution in [0.2, 0.25) is 0 Å². The highest BCUT2D eigenvalue weighted by Gasteiger charge is 2.32. The number of aromatic amines is 1. The van der Waals surface area contributed by atoms with Crippen LogP contribution in [0.15, 0.2) is 24.3 Å². The number of amides is 4. The molecule has 6 heteroatoms. The van der Waals surface area contributed by atoms with Gasteiger partial charge < -0.3 is 15.2 Å². The molecule has 1 saturated heterocycles. The minimum absolute atomic E-state index is 0.200. The Kier molecular flexibility index (Phi) is 2.63. The number of para-hydroxylation sites is 1. The molecule has 4 rings (SSSR count). The Morgan fingerprint density at radius 2 is 2.05 bits per heavy atom. The van der Waals surface area contributed by atoms with E-state index in [2.05, 4.69) is 16.4 Å². The zero-order chi connectivity index (χ0) is 14.4. The third-order valence-corrected chi connectivity index (χ3v) is 4.24. The Balaban J connectivity index is 1.62. The van der Waals surface area contributed by atoms with Gasteiger partial charge in [0.25, 0.3) is 0 Å². The number of aromatic nitrogens is 1. The summed E-state index contributed by atoms with van der Waals surface area (Å²) in [4.78, 5) is 30.4. The number of carbonyl (C=O) groups is 2. The van der Waals surface area contributed by atoms with E-state index in [-0.39, 0.29) is 12.1 Å². The van der Waals surface area contributed by atoms with Crippen molar-refractivity contribution in [3.05, 3.63) is 35.5 Å². The summed E-state index contributed by atoms with van der Waals surface area (Å²) in [5, 5.41) is 3.90. The number of nitrogens with zero attached hydrogens (tertiary/aromatic N) is 2. The molecular formula is C15H16N4O2. The number of hydrogen-bond donors (Lipinski definition) is 2. The molecule has 0 spiro atoms. The topological polar surface area (TPSA) is 68.4 Å².